The molecular formula is C15H22N4. The second kappa shape index (κ2) is 6.10. The first kappa shape index (κ1) is 13.9. The number of rotatable bonds is 5. The largest absolute Gasteiger partial charge is 0.309 e. The number of aromatic nitrogens is 1. The van der Waals surface area contributed by atoms with E-state index < -0.39 is 0 Å². The van der Waals surface area contributed by atoms with Crippen molar-refractivity contribution in [1.29, 1.82) is 0 Å². The molecule has 4 nitrogen and oxygen atoms in total. The van der Waals surface area contributed by atoms with Crippen LogP contribution in [0.25, 0.3) is 10.9 Å². The maximum Gasteiger partial charge on any atom is 0.0705 e. The molecule has 0 aliphatic carbocycles. The molecule has 1 heterocycles. The van der Waals surface area contributed by atoms with Crippen LogP contribution in [0, 0.1) is 6.92 Å². The quantitative estimate of drug-likeness (QED) is 0.636. The minimum Gasteiger partial charge on any atom is -0.309 e. The molecule has 0 amide bonds. The molecule has 4 heteroatoms. The monoisotopic (exact) mass is 258 g/mol. The molecule has 19 heavy (non-hydrogen) atoms. The average molecular weight is 258 g/mol. The lowest BCUT2D eigenvalue weighted by molar-refractivity contribution is 0.363. The zero-order valence-corrected chi connectivity index (χ0v) is 11.9. The predicted molar refractivity (Wildman–Crippen MR) is 79.7 cm³/mol. The summed E-state index contributed by atoms with van der Waals surface area (Å²) in [5.41, 5.74) is 6.19. The van der Waals surface area contributed by atoms with Crippen molar-refractivity contribution in [2.24, 2.45) is 5.84 Å². The Morgan fingerprint density at radius 2 is 2.05 bits per heavy atom. The van der Waals surface area contributed by atoms with E-state index in [1.54, 1.807) is 0 Å². The van der Waals surface area contributed by atoms with Gasteiger partial charge in [-0.15, -0.1) is 0 Å². The lowest BCUT2D eigenvalue weighted by atomic mass is 10.0. The Hall–Kier alpha value is -1.49. The van der Waals surface area contributed by atoms with Gasteiger partial charge in [0.2, 0.25) is 0 Å². The van der Waals surface area contributed by atoms with E-state index >= 15 is 0 Å². The van der Waals surface area contributed by atoms with E-state index in [0.29, 0.717) is 0 Å². The first-order valence-electron chi connectivity index (χ1n) is 6.58. The third-order valence-corrected chi connectivity index (χ3v) is 3.32. The van der Waals surface area contributed by atoms with Gasteiger partial charge >= 0.3 is 0 Å². The number of pyridine rings is 1. The summed E-state index contributed by atoms with van der Waals surface area (Å²) in [6, 6.07) is 10.7. The van der Waals surface area contributed by atoms with Crippen molar-refractivity contribution in [3.05, 3.63) is 41.6 Å². The second-order valence-electron chi connectivity index (χ2n) is 5.22. The smallest absolute Gasteiger partial charge is 0.0705 e. The number of benzene rings is 1. The zero-order chi connectivity index (χ0) is 13.8. The summed E-state index contributed by atoms with van der Waals surface area (Å²) in [5.74, 6) is 5.68. The number of nitrogens with two attached hydrogens (primary N) is 1. The van der Waals surface area contributed by atoms with Crippen molar-refractivity contribution in [2.75, 3.05) is 20.6 Å². The molecule has 0 radical (unpaired) electrons. The van der Waals surface area contributed by atoms with Gasteiger partial charge < -0.3 is 4.90 Å². The fourth-order valence-corrected chi connectivity index (χ4v) is 2.20. The highest BCUT2D eigenvalue weighted by Crippen LogP contribution is 2.21. The van der Waals surface area contributed by atoms with Crippen LogP contribution < -0.4 is 11.3 Å². The van der Waals surface area contributed by atoms with E-state index in [4.69, 9.17) is 5.84 Å². The summed E-state index contributed by atoms with van der Waals surface area (Å²) in [6.45, 7) is 3.01. The van der Waals surface area contributed by atoms with Crippen LogP contribution in [0.4, 0.5) is 0 Å². The van der Waals surface area contributed by atoms with E-state index in [9.17, 15) is 0 Å². The van der Waals surface area contributed by atoms with Gasteiger partial charge in [0.25, 0.3) is 0 Å². The third kappa shape index (κ3) is 3.50. The maximum absolute atomic E-state index is 5.68. The second-order valence-corrected chi connectivity index (χ2v) is 5.22. The molecule has 0 fully saturated rings. The van der Waals surface area contributed by atoms with Crippen molar-refractivity contribution < 1.29 is 0 Å². The molecule has 3 N–H and O–H groups in total. The Morgan fingerprint density at radius 3 is 2.74 bits per heavy atom. The van der Waals surface area contributed by atoms with E-state index in [0.717, 1.165) is 29.6 Å². The highest BCUT2D eigenvalue weighted by molar-refractivity contribution is 5.79. The molecular weight excluding hydrogens is 236 g/mol. The Labute approximate surface area is 114 Å². The van der Waals surface area contributed by atoms with Gasteiger partial charge in [-0.1, -0.05) is 12.1 Å². The van der Waals surface area contributed by atoms with E-state index in [-0.39, 0.29) is 6.04 Å². The first-order valence-corrected chi connectivity index (χ1v) is 6.58. The van der Waals surface area contributed by atoms with Crippen molar-refractivity contribution in [2.45, 2.75) is 19.4 Å². The first-order chi connectivity index (χ1) is 9.10. The summed E-state index contributed by atoms with van der Waals surface area (Å²) in [7, 11) is 4.14. The molecule has 2 rings (SSSR count). The van der Waals surface area contributed by atoms with Gasteiger partial charge in [0.05, 0.1) is 5.52 Å². The van der Waals surface area contributed by atoms with E-state index in [1.165, 1.54) is 5.56 Å². The van der Waals surface area contributed by atoms with Crippen LogP contribution in [0.3, 0.4) is 0 Å². The summed E-state index contributed by atoms with van der Waals surface area (Å²) >= 11 is 0. The molecule has 0 saturated heterocycles. The normalized spacial score (nSPS) is 13.1. The Balaban J connectivity index is 2.25. The molecule has 1 aromatic carbocycles. The van der Waals surface area contributed by atoms with Gasteiger partial charge in [0.1, 0.15) is 0 Å². The number of hydrazine groups is 1. The summed E-state index contributed by atoms with van der Waals surface area (Å²) in [4.78, 5) is 6.68. The molecule has 1 unspecified atom stereocenters. The topological polar surface area (TPSA) is 54.2 Å². The van der Waals surface area contributed by atoms with Gasteiger partial charge in [-0.3, -0.25) is 16.3 Å². The van der Waals surface area contributed by atoms with Crippen LogP contribution in [0.2, 0.25) is 0 Å². The third-order valence-electron chi connectivity index (χ3n) is 3.32. The molecule has 1 aromatic heterocycles. The molecule has 0 bridgehead atoms. The van der Waals surface area contributed by atoms with Crippen molar-refractivity contribution in [3.63, 3.8) is 0 Å². The Morgan fingerprint density at radius 1 is 1.26 bits per heavy atom. The van der Waals surface area contributed by atoms with Crippen molar-refractivity contribution in [1.82, 2.24) is 15.3 Å². The summed E-state index contributed by atoms with van der Waals surface area (Å²) in [5, 5.41) is 1.16. The molecule has 0 aliphatic rings. The number of hydrogen-bond donors (Lipinski definition) is 2. The molecule has 0 saturated carbocycles. The van der Waals surface area contributed by atoms with Crippen molar-refractivity contribution >= 4 is 10.9 Å². The highest BCUT2D eigenvalue weighted by Gasteiger charge is 2.10. The van der Waals surface area contributed by atoms with E-state index in [1.807, 2.05) is 13.0 Å². The maximum atomic E-state index is 5.68. The lowest BCUT2D eigenvalue weighted by Gasteiger charge is -2.19. The molecule has 1 atom stereocenters. The van der Waals surface area contributed by atoms with Gasteiger partial charge in [0, 0.05) is 17.1 Å². The predicted octanol–water partition coefficient (Wildman–Crippen LogP) is 2.00. The van der Waals surface area contributed by atoms with Crippen LogP contribution in [0.1, 0.15) is 23.7 Å². The van der Waals surface area contributed by atoms with Crippen LogP contribution in [0.5, 0.6) is 0 Å². The number of hydrogen-bond acceptors (Lipinski definition) is 4. The standard InChI is InChI=1S/C15H22N4/c1-11-4-5-12-10-13(6-7-14(12)17-11)15(18-16)8-9-19(2)3/h4-7,10,15,18H,8-9,16H2,1-3H3. The Kier molecular flexibility index (Phi) is 4.47. The lowest BCUT2D eigenvalue weighted by Crippen LogP contribution is -2.30. The minimum atomic E-state index is 0.174. The number of fused-ring (bicyclic) bond motifs is 1. The SMILES string of the molecule is Cc1ccc2cc(C(CCN(C)C)NN)ccc2n1. The fraction of sp³-hybridized carbons (Fsp3) is 0.400. The van der Waals surface area contributed by atoms with Gasteiger partial charge in [-0.25, -0.2) is 0 Å². The summed E-state index contributed by atoms with van der Waals surface area (Å²) in [6.07, 6.45) is 0.980. The van der Waals surface area contributed by atoms with Crippen LogP contribution >= 0.6 is 0 Å². The summed E-state index contributed by atoms with van der Waals surface area (Å²) < 4.78 is 0. The molecule has 2 aromatic rings. The highest BCUT2D eigenvalue weighted by atomic mass is 15.2. The van der Waals surface area contributed by atoms with Crippen LogP contribution in [-0.4, -0.2) is 30.5 Å². The zero-order valence-electron chi connectivity index (χ0n) is 11.9. The van der Waals surface area contributed by atoms with Crippen molar-refractivity contribution in [3.8, 4) is 0 Å². The molecule has 0 spiro atoms. The minimum absolute atomic E-state index is 0.174. The number of aryl methyl sites for hydroxylation is 1. The van der Waals surface area contributed by atoms with Gasteiger partial charge in [-0.2, -0.15) is 0 Å². The van der Waals surface area contributed by atoms with Crippen LogP contribution in [-0.2, 0) is 0 Å². The van der Waals surface area contributed by atoms with Gasteiger partial charge in [0.15, 0.2) is 0 Å². The average Bonchev–Trinajstić information content (AvgIpc) is 2.39. The molecule has 102 valence electrons. The molecule has 0 aliphatic heterocycles. The number of nitrogens with zero attached hydrogens (tertiary/aromatic N) is 2. The van der Waals surface area contributed by atoms with Gasteiger partial charge in [-0.05, 0) is 57.7 Å². The van der Waals surface area contributed by atoms with Crippen LogP contribution in [0.15, 0.2) is 30.3 Å². The fourth-order valence-electron chi connectivity index (χ4n) is 2.20. The number of nitrogens with one attached hydrogen (secondary N) is 1. The van der Waals surface area contributed by atoms with E-state index in [2.05, 4.69) is 53.7 Å². The Bertz CT molecular complexity index is 551.